The number of para-hydroxylation sites is 1. The number of benzene rings is 2. The van der Waals surface area contributed by atoms with Crippen LogP contribution in [-0.2, 0) is 25.4 Å². The minimum absolute atomic E-state index is 0.236. The predicted octanol–water partition coefficient (Wildman–Crippen LogP) is 3.52. The van der Waals surface area contributed by atoms with Crippen molar-refractivity contribution in [2.24, 2.45) is 24.3 Å². The Labute approximate surface area is 191 Å². The van der Waals surface area contributed by atoms with Gasteiger partial charge < -0.3 is 9.30 Å². The van der Waals surface area contributed by atoms with Gasteiger partial charge in [0.15, 0.2) is 0 Å². The molecule has 0 unspecified atom stereocenters. The molecular weight excluding hydrogens is 418 g/mol. The van der Waals surface area contributed by atoms with E-state index in [0.29, 0.717) is 18.0 Å². The van der Waals surface area contributed by atoms with E-state index in [0.717, 1.165) is 33.4 Å². The molecule has 0 radical (unpaired) electrons. The summed E-state index contributed by atoms with van der Waals surface area (Å²) in [6, 6.07) is 16.0. The van der Waals surface area contributed by atoms with E-state index in [1.54, 1.807) is 7.05 Å². The Morgan fingerprint density at radius 3 is 2.55 bits per heavy atom. The average Bonchev–Trinajstić information content (AvgIpc) is 3.33. The SMILES string of the molecule is CC/C(=N\N=C(\C)c1cc2ccccc2n1C)OCc1c(C)cccc1-n1nnn(C)c1=O. The van der Waals surface area contributed by atoms with Crippen molar-refractivity contribution in [2.45, 2.75) is 33.8 Å². The molecule has 0 saturated heterocycles. The van der Waals surface area contributed by atoms with Gasteiger partial charge in [-0.25, -0.2) is 4.79 Å². The molecule has 2 heterocycles. The Morgan fingerprint density at radius 1 is 1.06 bits per heavy atom. The number of hydrogen-bond donors (Lipinski definition) is 0. The van der Waals surface area contributed by atoms with Gasteiger partial charge in [-0.1, -0.05) is 37.3 Å². The number of tetrazole rings is 1. The Bertz CT molecular complexity index is 1420. The number of aryl methyl sites for hydroxylation is 3. The second-order valence-electron chi connectivity index (χ2n) is 7.84. The van der Waals surface area contributed by atoms with E-state index in [1.807, 2.05) is 58.2 Å². The summed E-state index contributed by atoms with van der Waals surface area (Å²) in [7, 11) is 3.58. The Balaban J connectivity index is 1.58. The van der Waals surface area contributed by atoms with Crippen molar-refractivity contribution in [3.63, 3.8) is 0 Å². The van der Waals surface area contributed by atoms with Crippen molar-refractivity contribution in [3.8, 4) is 5.69 Å². The van der Waals surface area contributed by atoms with Crippen LogP contribution in [0.4, 0.5) is 0 Å². The maximum absolute atomic E-state index is 12.3. The highest BCUT2D eigenvalue weighted by Gasteiger charge is 2.14. The summed E-state index contributed by atoms with van der Waals surface area (Å²) in [6.07, 6.45) is 0.582. The number of fused-ring (bicyclic) bond motifs is 1. The van der Waals surface area contributed by atoms with Gasteiger partial charge in [0.2, 0.25) is 5.90 Å². The summed E-state index contributed by atoms with van der Waals surface area (Å²) in [5.74, 6) is 0.508. The van der Waals surface area contributed by atoms with Gasteiger partial charge in [0.05, 0.1) is 17.1 Å². The quantitative estimate of drug-likeness (QED) is 0.258. The van der Waals surface area contributed by atoms with Crippen LogP contribution in [0.1, 0.15) is 37.1 Å². The van der Waals surface area contributed by atoms with Gasteiger partial charge in [0, 0.05) is 37.0 Å². The highest BCUT2D eigenvalue weighted by molar-refractivity contribution is 6.02. The van der Waals surface area contributed by atoms with Crippen LogP contribution in [0.3, 0.4) is 0 Å². The van der Waals surface area contributed by atoms with E-state index in [1.165, 1.54) is 9.36 Å². The summed E-state index contributed by atoms with van der Waals surface area (Å²) in [5, 5.41) is 17.7. The van der Waals surface area contributed by atoms with Crippen molar-refractivity contribution >= 4 is 22.5 Å². The molecule has 0 atom stereocenters. The lowest BCUT2D eigenvalue weighted by atomic mass is 10.1. The normalized spacial score (nSPS) is 12.5. The largest absolute Gasteiger partial charge is 0.475 e. The molecule has 9 heteroatoms. The number of rotatable bonds is 6. The third-order valence-corrected chi connectivity index (χ3v) is 5.65. The molecular formula is C24H27N7O2. The monoisotopic (exact) mass is 445 g/mol. The number of ether oxygens (including phenoxy) is 1. The molecule has 0 N–H and O–H groups in total. The number of nitrogens with zero attached hydrogens (tertiary/aromatic N) is 7. The molecule has 0 aliphatic heterocycles. The van der Waals surface area contributed by atoms with Crippen LogP contribution in [0.2, 0.25) is 0 Å². The predicted molar refractivity (Wildman–Crippen MR) is 129 cm³/mol. The van der Waals surface area contributed by atoms with Crippen molar-refractivity contribution in [2.75, 3.05) is 0 Å². The summed E-state index contributed by atoms with van der Waals surface area (Å²) < 4.78 is 10.6. The smallest absolute Gasteiger partial charge is 0.368 e. The summed E-state index contributed by atoms with van der Waals surface area (Å²) in [4.78, 5) is 12.3. The molecule has 2 aromatic carbocycles. The molecule has 170 valence electrons. The molecule has 33 heavy (non-hydrogen) atoms. The van der Waals surface area contributed by atoms with E-state index < -0.39 is 0 Å². The van der Waals surface area contributed by atoms with Gasteiger partial charge in [0.25, 0.3) is 0 Å². The maximum Gasteiger partial charge on any atom is 0.368 e. The highest BCUT2D eigenvalue weighted by atomic mass is 16.5. The number of hydrogen-bond acceptors (Lipinski definition) is 6. The van der Waals surface area contributed by atoms with Gasteiger partial charge in [0.1, 0.15) is 6.61 Å². The van der Waals surface area contributed by atoms with Gasteiger partial charge in [-0.15, -0.1) is 5.10 Å². The Hall–Kier alpha value is -4.01. The molecule has 0 fully saturated rings. The molecule has 4 aromatic rings. The van der Waals surface area contributed by atoms with Crippen LogP contribution in [0, 0.1) is 6.92 Å². The fourth-order valence-electron chi connectivity index (χ4n) is 3.71. The first kappa shape index (κ1) is 22.2. The summed E-state index contributed by atoms with van der Waals surface area (Å²) in [6.45, 7) is 6.10. The zero-order chi connectivity index (χ0) is 23.5. The van der Waals surface area contributed by atoms with E-state index in [4.69, 9.17) is 4.74 Å². The highest BCUT2D eigenvalue weighted by Crippen LogP contribution is 2.20. The maximum atomic E-state index is 12.3. The molecule has 4 rings (SSSR count). The molecule has 0 saturated carbocycles. The van der Waals surface area contributed by atoms with Gasteiger partial charge in [-0.2, -0.15) is 14.5 Å². The van der Waals surface area contributed by atoms with Crippen molar-refractivity contribution < 1.29 is 4.74 Å². The topological polar surface area (TPSA) is 91.6 Å². The zero-order valence-electron chi connectivity index (χ0n) is 19.5. The van der Waals surface area contributed by atoms with Crippen LogP contribution in [-0.4, -0.2) is 36.0 Å². The average molecular weight is 446 g/mol. The minimum atomic E-state index is -0.318. The molecule has 0 amide bonds. The van der Waals surface area contributed by atoms with E-state index in [2.05, 4.69) is 43.4 Å². The standard InChI is InChI=1S/C24H27N7O2/c1-6-23(26-25-17(3)22-14-18-11-7-8-12-20(18)29(22)4)33-15-19-16(2)10-9-13-21(19)31-24(32)30(5)27-28-31/h7-14H,6,15H2,1-5H3/b25-17-,26-23+. The lowest BCUT2D eigenvalue weighted by Crippen LogP contribution is -2.23. The Morgan fingerprint density at radius 2 is 1.85 bits per heavy atom. The van der Waals surface area contributed by atoms with E-state index in [-0.39, 0.29) is 12.3 Å². The third-order valence-electron chi connectivity index (χ3n) is 5.65. The lowest BCUT2D eigenvalue weighted by molar-refractivity contribution is 0.282. The second-order valence-corrected chi connectivity index (χ2v) is 7.84. The second kappa shape index (κ2) is 9.23. The molecule has 0 aliphatic carbocycles. The van der Waals surface area contributed by atoms with Crippen molar-refractivity contribution in [1.82, 2.24) is 24.4 Å². The van der Waals surface area contributed by atoms with Crippen LogP contribution < -0.4 is 5.69 Å². The fourth-order valence-corrected chi connectivity index (χ4v) is 3.71. The third kappa shape index (κ3) is 4.34. The van der Waals surface area contributed by atoms with Crippen LogP contribution >= 0.6 is 0 Å². The molecule has 0 spiro atoms. The van der Waals surface area contributed by atoms with E-state index in [9.17, 15) is 4.79 Å². The number of aromatic nitrogens is 5. The minimum Gasteiger partial charge on any atom is -0.475 e. The summed E-state index contributed by atoms with van der Waals surface area (Å²) >= 11 is 0. The molecule has 0 aliphatic rings. The van der Waals surface area contributed by atoms with Crippen LogP contribution in [0.5, 0.6) is 0 Å². The molecule has 9 nitrogen and oxygen atoms in total. The van der Waals surface area contributed by atoms with E-state index >= 15 is 0 Å². The first-order valence-corrected chi connectivity index (χ1v) is 10.8. The Kier molecular flexibility index (Phi) is 6.21. The van der Waals surface area contributed by atoms with Gasteiger partial charge in [-0.05, 0) is 48.0 Å². The fraction of sp³-hybridized carbons (Fsp3) is 0.292. The first-order valence-electron chi connectivity index (χ1n) is 10.8. The van der Waals surface area contributed by atoms with Crippen LogP contribution in [0.15, 0.2) is 63.5 Å². The lowest BCUT2D eigenvalue weighted by Gasteiger charge is -2.13. The molecule has 2 aromatic heterocycles. The first-order chi connectivity index (χ1) is 15.9. The van der Waals surface area contributed by atoms with Crippen LogP contribution in [0.25, 0.3) is 16.6 Å². The van der Waals surface area contributed by atoms with Crippen molar-refractivity contribution in [3.05, 3.63) is 75.8 Å². The van der Waals surface area contributed by atoms with Gasteiger partial charge in [-0.3, -0.25) is 0 Å². The zero-order valence-corrected chi connectivity index (χ0v) is 19.5. The summed E-state index contributed by atoms with van der Waals surface area (Å²) in [5.41, 5.74) is 5.08. The molecule has 0 bridgehead atoms. The van der Waals surface area contributed by atoms with Gasteiger partial charge >= 0.3 is 5.69 Å². The van der Waals surface area contributed by atoms with Crippen molar-refractivity contribution in [1.29, 1.82) is 0 Å².